The Morgan fingerprint density at radius 2 is 2.13 bits per heavy atom. The SMILES string of the molecule is C[C@H](c1ccccc1)N(C)C(=O)CSc1ncc(C#N)c(N)n1. The normalized spacial score (nSPS) is 11.5. The first kappa shape index (κ1) is 16.8. The zero-order valence-corrected chi connectivity index (χ0v) is 13.7. The van der Waals surface area contributed by atoms with E-state index in [1.54, 1.807) is 11.9 Å². The van der Waals surface area contributed by atoms with E-state index >= 15 is 0 Å². The molecule has 1 amide bonds. The van der Waals surface area contributed by atoms with Gasteiger partial charge in [-0.05, 0) is 12.5 Å². The van der Waals surface area contributed by atoms with Crippen molar-refractivity contribution in [3.8, 4) is 6.07 Å². The number of rotatable bonds is 5. The first-order valence-electron chi connectivity index (χ1n) is 6.99. The van der Waals surface area contributed by atoms with Gasteiger partial charge < -0.3 is 10.6 Å². The number of hydrogen-bond acceptors (Lipinski definition) is 6. The molecule has 0 saturated carbocycles. The summed E-state index contributed by atoms with van der Waals surface area (Å²) in [5, 5.41) is 9.18. The Hall–Kier alpha value is -2.59. The molecule has 1 atom stereocenters. The van der Waals surface area contributed by atoms with Gasteiger partial charge in [-0.2, -0.15) is 5.26 Å². The van der Waals surface area contributed by atoms with Crippen LogP contribution in [0.2, 0.25) is 0 Å². The van der Waals surface area contributed by atoms with E-state index in [2.05, 4.69) is 9.97 Å². The van der Waals surface area contributed by atoms with Crippen LogP contribution in [0.5, 0.6) is 0 Å². The van der Waals surface area contributed by atoms with Crippen LogP contribution >= 0.6 is 11.8 Å². The molecule has 1 heterocycles. The molecule has 0 saturated heterocycles. The van der Waals surface area contributed by atoms with Crippen LogP contribution in [0.1, 0.15) is 24.1 Å². The van der Waals surface area contributed by atoms with Gasteiger partial charge in [0.05, 0.1) is 18.0 Å². The fourth-order valence-corrected chi connectivity index (χ4v) is 2.68. The standard InChI is InChI=1S/C16H17N5OS/c1-11(12-6-4-3-5-7-12)21(2)14(22)10-23-16-19-9-13(8-17)15(18)20-16/h3-7,9,11H,10H2,1-2H3,(H2,18,19,20)/t11-/m1/s1. The Bertz CT molecular complexity index is 729. The van der Waals surface area contributed by atoms with Gasteiger partial charge in [-0.25, -0.2) is 9.97 Å². The molecule has 0 bridgehead atoms. The van der Waals surface area contributed by atoms with Gasteiger partial charge >= 0.3 is 0 Å². The molecule has 0 radical (unpaired) electrons. The largest absolute Gasteiger partial charge is 0.382 e. The molecule has 1 aromatic heterocycles. The van der Waals surface area contributed by atoms with Crippen LogP contribution < -0.4 is 5.73 Å². The number of thioether (sulfide) groups is 1. The highest BCUT2D eigenvalue weighted by molar-refractivity contribution is 7.99. The number of benzene rings is 1. The summed E-state index contributed by atoms with van der Waals surface area (Å²) in [4.78, 5) is 22.0. The molecule has 118 valence electrons. The van der Waals surface area contributed by atoms with Crippen LogP contribution in [0.4, 0.5) is 5.82 Å². The molecule has 2 aromatic rings. The number of nitriles is 1. The van der Waals surface area contributed by atoms with Crippen LogP contribution in [-0.4, -0.2) is 33.6 Å². The van der Waals surface area contributed by atoms with Crippen LogP contribution in [0.3, 0.4) is 0 Å². The predicted octanol–water partition coefficient (Wildman–Crippen LogP) is 2.24. The number of carbonyl (C=O) groups is 1. The second kappa shape index (κ2) is 7.61. The number of nitrogens with two attached hydrogens (primary N) is 1. The molecule has 23 heavy (non-hydrogen) atoms. The third-order valence-electron chi connectivity index (χ3n) is 3.50. The van der Waals surface area contributed by atoms with Gasteiger partial charge in [0, 0.05) is 7.05 Å². The van der Waals surface area contributed by atoms with Crippen molar-refractivity contribution in [3.63, 3.8) is 0 Å². The number of hydrogen-bond donors (Lipinski definition) is 1. The predicted molar refractivity (Wildman–Crippen MR) is 89.5 cm³/mol. The van der Waals surface area contributed by atoms with Gasteiger partial charge in [0.25, 0.3) is 0 Å². The number of carbonyl (C=O) groups excluding carboxylic acids is 1. The Balaban J connectivity index is 1.96. The molecule has 7 heteroatoms. The summed E-state index contributed by atoms with van der Waals surface area (Å²) in [7, 11) is 1.77. The van der Waals surface area contributed by atoms with Crippen molar-refractivity contribution < 1.29 is 4.79 Å². The van der Waals surface area contributed by atoms with E-state index in [9.17, 15) is 4.79 Å². The van der Waals surface area contributed by atoms with Crippen molar-refractivity contribution >= 4 is 23.5 Å². The lowest BCUT2D eigenvalue weighted by Crippen LogP contribution is -2.31. The van der Waals surface area contributed by atoms with Crippen molar-refractivity contribution in [2.45, 2.75) is 18.1 Å². The Labute approximate surface area is 139 Å². The van der Waals surface area contributed by atoms with Crippen LogP contribution in [0.15, 0.2) is 41.7 Å². The van der Waals surface area contributed by atoms with Crippen molar-refractivity contribution in [2.75, 3.05) is 18.5 Å². The second-order valence-corrected chi connectivity index (χ2v) is 5.89. The summed E-state index contributed by atoms with van der Waals surface area (Å²) in [6.07, 6.45) is 1.37. The highest BCUT2D eigenvalue weighted by Gasteiger charge is 2.18. The molecular formula is C16H17N5OS. The van der Waals surface area contributed by atoms with E-state index in [4.69, 9.17) is 11.0 Å². The zero-order valence-electron chi connectivity index (χ0n) is 12.9. The van der Waals surface area contributed by atoms with Crippen LogP contribution in [-0.2, 0) is 4.79 Å². The Morgan fingerprint density at radius 1 is 1.43 bits per heavy atom. The van der Waals surface area contributed by atoms with E-state index in [1.807, 2.05) is 43.3 Å². The fraction of sp³-hybridized carbons (Fsp3) is 0.250. The third-order valence-corrected chi connectivity index (χ3v) is 4.34. The summed E-state index contributed by atoms with van der Waals surface area (Å²) in [6, 6.07) is 11.7. The van der Waals surface area contributed by atoms with E-state index in [0.29, 0.717) is 5.16 Å². The minimum atomic E-state index is -0.0297. The first-order chi connectivity index (χ1) is 11.0. The number of nitrogen functional groups attached to an aromatic ring is 1. The van der Waals surface area contributed by atoms with Gasteiger partial charge in [-0.3, -0.25) is 4.79 Å². The average Bonchev–Trinajstić information content (AvgIpc) is 2.59. The number of amides is 1. The smallest absolute Gasteiger partial charge is 0.233 e. The maximum atomic E-state index is 12.3. The van der Waals surface area contributed by atoms with E-state index in [1.165, 1.54) is 18.0 Å². The maximum Gasteiger partial charge on any atom is 0.233 e. The van der Waals surface area contributed by atoms with Gasteiger partial charge in [0.2, 0.25) is 5.91 Å². The molecule has 0 aliphatic carbocycles. The molecule has 0 fully saturated rings. The van der Waals surface area contributed by atoms with Crippen molar-refractivity contribution in [1.29, 1.82) is 5.26 Å². The summed E-state index contributed by atoms with van der Waals surface area (Å²) in [6.45, 7) is 1.98. The number of nitrogens with zero attached hydrogens (tertiary/aromatic N) is 4. The van der Waals surface area contributed by atoms with Gasteiger partial charge in [-0.1, -0.05) is 42.1 Å². The zero-order chi connectivity index (χ0) is 16.8. The molecular weight excluding hydrogens is 310 g/mol. The van der Waals surface area contributed by atoms with Crippen LogP contribution in [0.25, 0.3) is 0 Å². The van der Waals surface area contributed by atoms with Gasteiger partial charge in [-0.15, -0.1) is 0 Å². The lowest BCUT2D eigenvalue weighted by molar-refractivity contribution is -0.128. The molecule has 0 unspecified atom stereocenters. The quantitative estimate of drug-likeness (QED) is 0.668. The molecule has 1 aromatic carbocycles. The number of anilines is 1. The Morgan fingerprint density at radius 3 is 2.74 bits per heavy atom. The second-order valence-electron chi connectivity index (χ2n) is 4.94. The molecule has 6 nitrogen and oxygen atoms in total. The van der Waals surface area contributed by atoms with E-state index in [-0.39, 0.29) is 29.1 Å². The van der Waals surface area contributed by atoms with E-state index < -0.39 is 0 Å². The summed E-state index contributed by atoms with van der Waals surface area (Å²) < 4.78 is 0. The average molecular weight is 327 g/mol. The van der Waals surface area contributed by atoms with E-state index in [0.717, 1.165) is 5.56 Å². The van der Waals surface area contributed by atoms with Gasteiger partial charge in [0.1, 0.15) is 17.5 Å². The Kier molecular flexibility index (Phi) is 5.55. The summed E-state index contributed by atoms with van der Waals surface area (Å²) in [5.74, 6) is 0.306. The molecule has 2 rings (SSSR count). The van der Waals surface area contributed by atoms with Crippen molar-refractivity contribution in [3.05, 3.63) is 47.7 Å². The minimum Gasteiger partial charge on any atom is -0.382 e. The molecule has 0 spiro atoms. The third kappa shape index (κ3) is 4.20. The minimum absolute atomic E-state index is 0.0174. The summed E-state index contributed by atoms with van der Waals surface area (Å²) >= 11 is 1.20. The first-order valence-corrected chi connectivity index (χ1v) is 7.97. The molecule has 2 N–H and O–H groups in total. The monoisotopic (exact) mass is 327 g/mol. The maximum absolute atomic E-state index is 12.3. The number of aromatic nitrogens is 2. The topological polar surface area (TPSA) is 95.9 Å². The lowest BCUT2D eigenvalue weighted by atomic mass is 10.1. The highest BCUT2D eigenvalue weighted by atomic mass is 32.2. The summed E-state index contributed by atoms with van der Waals surface area (Å²) in [5.41, 5.74) is 6.95. The van der Waals surface area contributed by atoms with Crippen LogP contribution in [0, 0.1) is 11.3 Å². The molecule has 0 aliphatic rings. The lowest BCUT2D eigenvalue weighted by Gasteiger charge is -2.25. The molecule has 0 aliphatic heterocycles. The van der Waals surface area contributed by atoms with Gasteiger partial charge in [0.15, 0.2) is 5.16 Å². The van der Waals surface area contributed by atoms with Crippen molar-refractivity contribution in [2.24, 2.45) is 0 Å². The fourth-order valence-electron chi connectivity index (χ4n) is 1.93. The highest BCUT2D eigenvalue weighted by Crippen LogP contribution is 2.21. The van der Waals surface area contributed by atoms with Crippen molar-refractivity contribution in [1.82, 2.24) is 14.9 Å².